The number of carbonyl (C=O) groups excluding carboxylic acids is 1. The summed E-state index contributed by atoms with van der Waals surface area (Å²) in [7, 11) is 0. The van der Waals surface area contributed by atoms with Crippen molar-refractivity contribution in [1.29, 1.82) is 0 Å². The molecule has 4 heteroatoms. The minimum atomic E-state index is -0.600. The first-order valence-electron chi connectivity index (χ1n) is 11.0. The van der Waals surface area contributed by atoms with E-state index >= 15 is 0 Å². The highest BCUT2D eigenvalue weighted by Gasteiger charge is 2.37. The molecule has 4 rings (SSSR count). The van der Waals surface area contributed by atoms with Crippen molar-refractivity contribution >= 4 is 5.91 Å². The minimum Gasteiger partial charge on any atom is -0.389 e. The van der Waals surface area contributed by atoms with Gasteiger partial charge in [-0.25, -0.2) is 0 Å². The molecule has 2 fully saturated rings. The lowest BCUT2D eigenvalue weighted by Crippen LogP contribution is -2.48. The average Bonchev–Trinajstić information content (AvgIpc) is 3.14. The van der Waals surface area contributed by atoms with Crippen LogP contribution < -0.4 is 5.32 Å². The standard InChI is InChI=1S/C23H34N2O2/c26-21(16-24-17-23(27)13-6-7-14-23)25-15-12-18-8-4-5-11-20(18)22(25)19-9-2-1-3-10-19/h4-5,8,11,19,22,24,27H,1-3,6-7,9-10,12-17H2. The van der Waals surface area contributed by atoms with Crippen molar-refractivity contribution in [2.45, 2.75) is 75.9 Å². The molecule has 1 aromatic rings. The summed E-state index contributed by atoms with van der Waals surface area (Å²) in [4.78, 5) is 15.3. The molecule has 1 unspecified atom stereocenters. The molecular weight excluding hydrogens is 336 g/mol. The van der Waals surface area contributed by atoms with E-state index in [0.717, 1.165) is 38.6 Å². The van der Waals surface area contributed by atoms with Crippen LogP contribution in [0.2, 0.25) is 0 Å². The van der Waals surface area contributed by atoms with Crippen LogP contribution in [0.4, 0.5) is 0 Å². The van der Waals surface area contributed by atoms with Gasteiger partial charge in [0.2, 0.25) is 5.91 Å². The summed E-state index contributed by atoms with van der Waals surface area (Å²) in [5.74, 6) is 0.782. The molecular formula is C23H34N2O2. The molecule has 2 aliphatic carbocycles. The van der Waals surface area contributed by atoms with Gasteiger partial charge in [0.25, 0.3) is 0 Å². The molecule has 1 aromatic carbocycles. The summed E-state index contributed by atoms with van der Waals surface area (Å²) < 4.78 is 0. The van der Waals surface area contributed by atoms with Crippen LogP contribution in [0.25, 0.3) is 0 Å². The highest BCUT2D eigenvalue weighted by molar-refractivity contribution is 5.79. The van der Waals surface area contributed by atoms with Crippen LogP contribution in [0.1, 0.15) is 75.0 Å². The second-order valence-electron chi connectivity index (χ2n) is 8.91. The molecule has 3 aliphatic rings. The lowest BCUT2D eigenvalue weighted by Gasteiger charge is -2.43. The largest absolute Gasteiger partial charge is 0.389 e. The highest BCUT2D eigenvalue weighted by Crippen LogP contribution is 2.41. The zero-order valence-electron chi connectivity index (χ0n) is 16.5. The zero-order chi connectivity index (χ0) is 18.7. The van der Waals surface area contributed by atoms with E-state index in [1.54, 1.807) is 0 Å². The van der Waals surface area contributed by atoms with Gasteiger partial charge in [0.15, 0.2) is 0 Å². The Bertz CT molecular complexity index is 648. The topological polar surface area (TPSA) is 52.6 Å². The number of hydrogen-bond donors (Lipinski definition) is 2. The summed E-state index contributed by atoms with van der Waals surface area (Å²) in [6.45, 7) is 1.70. The third kappa shape index (κ3) is 4.22. The van der Waals surface area contributed by atoms with Crippen molar-refractivity contribution in [2.24, 2.45) is 5.92 Å². The van der Waals surface area contributed by atoms with Crippen molar-refractivity contribution in [2.75, 3.05) is 19.6 Å². The number of nitrogens with one attached hydrogen (secondary N) is 1. The maximum Gasteiger partial charge on any atom is 0.237 e. The van der Waals surface area contributed by atoms with E-state index in [2.05, 4.69) is 34.5 Å². The second kappa shape index (κ2) is 8.32. The number of amides is 1. The normalized spacial score (nSPS) is 25.4. The molecule has 27 heavy (non-hydrogen) atoms. The third-order valence-corrected chi connectivity index (χ3v) is 7.01. The van der Waals surface area contributed by atoms with Crippen molar-refractivity contribution in [1.82, 2.24) is 10.2 Å². The molecule has 148 valence electrons. The summed E-state index contributed by atoms with van der Waals surface area (Å²) in [5, 5.41) is 13.8. The third-order valence-electron chi connectivity index (χ3n) is 7.01. The molecule has 0 spiro atoms. The monoisotopic (exact) mass is 370 g/mol. The zero-order valence-corrected chi connectivity index (χ0v) is 16.5. The van der Waals surface area contributed by atoms with Gasteiger partial charge in [-0.05, 0) is 49.1 Å². The lowest BCUT2D eigenvalue weighted by atomic mass is 9.77. The van der Waals surface area contributed by atoms with Gasteiger partial charge in [-0.2, -0.15) is 0 Å². The molecule has 1 aliphatic heterocycles. The van der Waals surface area contributed by atoms with Crippen LogP contribution in [-0.4, -0.2) is 41.1 Å². The predicted octanol–water partition coefficient (Wildman–Crippen LogP) is 3.59. The molecule has 1 heterocycles. The summed E-state index contributed by atoms with van der Waals surface area (Å²) in [6.07, 6.45) is 11.2. The molecule has 4 nitrogen and oxygen atoms in total. The van der Waals surface area contributed by atoms with Gasteiger partial charge in [0.05, 0.1) is 18.2 Å². The first-order valence-corrected chi connectivity index (χ1v) is 11.0. The Labute approximate surface area is 163 Å². The van der Waals surface area contributed by atoms with Gasteiger partial charge in [-0.1, -0.05) is 56.4 Å². The van der Waals surface area contributed by atoms with Crippen molar-refractivity contribution in [3.8, 4) is 0 Å². The van der Waals surface area contributed by atoms with Crippen molar-refractivity contribution in [3.63, 3.8) is 0 Å². The highest BCUT2D eigenvalue weighted by atomic mass is 16.3. The van der Waals surface area contributed by atoms with Crippen LogP contribution >= 0.6 is 0 Å². The van der Waals surface area contributed by atoms with Crippen LogP contribution in [0.15, 0.2) is 24.3 Å². The first-order chi connectivity index (χ1) is 13.2. The van der Waals surface area contributed by atoms with Crippen LogP contribution in [0.5, 0.6) is 0 Å². The lowest BCUT2D eigenvalue weighted by molar-refractivity contribution is -0.135. The first kappa shape index (κ1) is 18.9. The van der Waals surface area contributed by atoms with Crippen LogP contribution in [0, 0.1) is 5.92 Å². The van der Waals surface area contributed by atoms with E-state index in [-0.39, 0.29) is 11.9 Å². The fourth-order valence-corrected chi connectivity index (χ4v) is 5.55. The number of fused-ring (bicyclic) bond motifs is 1. The number of benzene rings is 1. The fourth-order valence-electron chi connectivity index (χ4n) is 5.55. The number of carbonyl (C=O) groups is 1. The number of rotatable bonds is 5. The quantitative estimate of drug-likeness (QED) is 0.833. The maximum absolute atomic E-state index is 13.1. The van der Waals surface area contributed by atoms with Crippen LogP contribution in [-0.2, 0) is 11.2 Å². The Morgan fingerprint density at radius 1 is 1.11 bits per heavy atom. The van der Waals surface area contributed by atoms with Crippen LogP contribution in [0.3, 0.4) is 0 Å². The van der Waals surface area contributed by atoms with Gasteiger partial charge in [-0.3, -0.25) is 4.79 Å². The number of aliphatic hydroxyl groups is 1. The van der Waals surface area contributed by atoms with Crippen molar-refractivity contribution < 1.29 is 9.90 Å². The molecule has 0 saturated heterocycles. The molecule has 1 amide bonds. The van der Waals surface area contributed by atoms with E-state index in [0.29, 0.717) is 19.0 Å². The summed E-state index contributed by atoms with van der Waals surface area (Å²) in [6, 6.07) is 8.96. The SMILES string of the molecule is O=C(CNCC1(O)CCCC1)N1CCc2ccccc2C1C1CCCCC1. The van der Waals surface area contributed by atoms with Gasteiger partial charge in [-0.15, -0.1) is 0 Å². The average molecular weight is 371 g/mol. The summed E-state index contributed by atoms with van der Waals surface area (Å²) in [5.41, 5.74) is 2.20. The van der Waals surface area contributed by atoms with Gasteiger partial charge in [0, 0.05) is 13.1 Å². The van der Waals surface area contributed by atoms with Gasteiger partial charge >= 0.3 is 0 Å². The fraction of sp³-hybridized carbons (Fsp3) is 0.696. The Balaban J connectivity index is 1.45. The molecule has 0 bridgehead atoms. The Hall–Kier alpha value is -1.39. The van der Waals surface area contributed by atoms with E-state index in [4.69, 9.17) is 0 Å². The van der Waals surface area contributed by atoms with E-state index in [1.165, 1.54) is 43.2 Å². The molecule has 0 radical (unpaired) electrons. The number of hydrogen-bond acceptors (Lipinski definition) is 3. The Kier molecular flexibility index (Phi) is 5.84. The van der Waals surface area contributed by atoms with E-state index < -0.39 is 5.60 Å². The predicted molar refractivity (Wildman–Crippen MR) is 107 cm³/mol. The summed E-state index contributed by atoms with van der Waals surface area (Å²) >= 11 is 0. The maximum atomic E-state index is 13.1. The second-order valence-corrected chi connectivity index (χ2v) is 8.91. The Morgan fingerprint density at radius 3 is 2.63 bits per heavy atom. The molecule has 0 aromatic heterocycles. The van der Waals surface area contributed by atoms with Gasteiger partial charge < -0.3 is 15.3 Å². The molecule has 2 N–H and O–H groups in total. The number of nitrogens with zero attached hydrogens (tertiary/aromatic N) is 1. The molecule has 1 atom stereocenters. The van der Waals surface area contributed by atoms with E-state index in [9.17, 15) is 9.90 Å². The minimum absolute atomic E-state index is 0.196. The smallest absolute Gasteiger partial charge is 0.237 e. The van der Waals surface area contributed by atoms with E-state index in [1.807, 2.05) is 0 Å². The van der Waals surface area contributed by atoms with Gasteiger partial charge in [0.1, 0.15) is 0 Å². The molecule has 2 saturated carbocycles. The van der Waals surface area contributed by atoms with Crippen molar-refractivity contribution in [3.05, 3.63) is 35.4 Å². The Morgan fingerprint density at radius 2 is 1.85 bits per heavy atom.